The summed E-state index contributed by atoms with van der Waals surface area (Å²) in [6.45, 7) is 14.9. The quantitative estimate of drug-likeness (QED) is 0.865. The highest BCUT2D eigenvalue weighted by atomic mass is 16.6. The van der Waals surface area contributed by atoms with Gasteiger partial charge in [0.1, 0.15) is 11.4 Å². The van der Waals surface area contributed by atoms with Crippen LogP contribution in [-0.2, 0) is 11.3 Å². The summed E-state index contributed by atoms with van der Waals surface area (Å²) in [6.07, 6.45) is -0.321. The van der Waals surface area contributed by atoms with E-state index in [1.807, 2.05) is 27.7 Å². The van der Waals surface area contributed by atoms with E-state index in [2.05, 4.69) is 19.2 Å². The van der Waals surface area contributed by atoms with Gasteiger partial charge in [0, 0.05) is 13.1 Å². The van der Waals surface area contributed by atoms with E-state index in [0.717, 1.165) is 18.7 Å². The third-order valence-electron chi connectivity index (χ3n) is 2.84. The third kappa shape index (κ3) is 10.6. The van der Waals surface area contributed by atoms with Crippen molar-refractivity contribution in [2.75, 3.05) is 19.6 Å². The first-order valence-electron chi connectivity index (χ1n) is 8.20. The Balaban J connectivity index is 0.000000841. The molecule has 0 aliphatic heterocycles. The lowest BCUT2D eigenvalue weighted by Gasteiger charge is -2.26. The molecule has 0 unspecified atom stereocenters. The number of benzene rings is 1. The maximum atomic E-state index is 11.9. The molecule has 1 aromatic rings. The minimum absolute atomic E-state index is 0.221. The second-order valence-electron chi connectivity index (χ2n) is 6.12. The lowest BCUT2D eigenvalue weighted by molar-refractivity contribution is 0.0244. The molecular formula is C18H32N2O3. The predicted octanol–water partition coefficient (Wildman–Crippen LogP) is 3.77. The highest BCUT2D eigenvalue weighted by Crippen LogP contribution is 2.14. The van der Waals surface area contributed by atoms with Gasteiger partial charge in [-0.25, -0.2) is 4.79 Å². The Morgan fingerprint density at radius 1 is 1.13 bits per heavy atom. The molecule has 2 N–H and O–H groups in total. The minimum Gasteiger partial charge on any atom is -0.508 e. The van der Waals surface area contributed by atoms with Gasteiger partial charge in [0.25, 0.3) is 0 Å². The van der Waals surface area contributed by atoms with Crippen molar-refractivity contribution in [2.45, 2.75) is 53.7 Å². The zero-order valence-corrected chi connectivity index (χ0v) is 15.3. The van der Waals surface area contributed by atoms with Crippen molar-refractivity contribution in [1.29, 1.82) is 0 Å². The fourth-order valence-corrected chi connectivity index (χ4v) is 1.70. The van der Waals surface area contributed by atoms with Gasteiger partial charge in [-0.3, -0.25) is 0 Å². The third-order valence-corrected chi connectivity index (χ3v) is 2.84. The topological polar surface area (TPSA) is 61.8 Å². The molecule has 0 saturated carbocycles. The van der Waals surface area contributed by atoms with E-state index < -0.39 is 5.60 Å². The predicted molar refractivity (Wildman–Crippen MR) is 94.6 cm³/mol. The number of amides is 1. The number of aromatic hydroxyl groups is 1. The van der Waals surface area contributed by atoms with Crippen LogP contribution in [0.1, 0.15) is 47.1 Å². The smallest absolute Gasteiger partial charge is 0.410 e. The number of ether oxygens (including phenoxy) is 1. The van der Waals surface area contributed by atoms with Gasteiger partial charge in [0.15, 0.2) is 0 Å². The number of rotatable bonds is 5. The molecule has 5 nitrogen and oxygen atoms in total. The molecular weight excluding hydrogens is 292 g/mol. The van der Waals surface area contributed by atoms with Crippen molar-refractivity contribution in [3.05, 3.63) is 29.8 Å². The van der Waals surface area contributed by atoms with E-state index in [1.165, 1.54) is 0 Å². The molecule has 132 valence electrons. The number of phenols is 1. The number of nitrogens with one attached hydrogen (secondary N) is 1. The zero-order chi connectivity index (χ0) is 17.9. The molecule has 0 radical (unpaired) electrons. The fourth-order valence-electron chi connectivity index (χ4n) is 1.70. The summed E-state index contributed by atoms with van der Waals surface area (Å²) in [5, 5.41) is 12.3. The van der Waals surface area contributed by atoms with Crippen LogP contribution in [0.15, 0.2) is 24.3 Å². The number of phenolic OH excluding ortho intramolecular Hbond substituents is 1. The van der Waals surface area contributed by atoms with Gasteiger partial charge >= 0.3 is 6.09 Å². The van der Waals surface area contributed by atoms with Gasteiger partial charge in [-0.1, -0.05) is 26.0 Å². The molecule has 0 atom stereocenters. The van der Waals surface area contributed by atoms with Crippen LogP contribution in [0.4, 0.5) is 4.79 Å². The SMILES string of the molecule is CCN(Cc1ccc(O)cc1)C(=O)OC(C)(C)C.CCNCC. The summed E-state index contributed by atoms with van der Waals surface area (Å²) < 4.78 is 5.32. The summed E-state index contributed by atoms with van der Waals surface area (Å²) in [4.78, 5) is 13.5. The normalized spacial score (nSPS) is 10.5. The standard InChI is InChI=1S/C14H21NO3.C4H11N/c1-5-15(13(17)18-14(2,3)4)10-11-6-8-12(16)9-7-11;1-3-5-4-2/h6-9,16H,5,10H2,1-4H3;5H,3-4H2,1-2H3. The average molecular weight is 324 g/mol. The Kier molecular flexibility index (Phi) is 10.1. The summed E-state index contributed by atoms with van der Waals surface area (Å²) in [7, 11) is 0. The Hall–Kier alpha value is -1.75. The summed E-state index contributed by atoms with van der Waals surface area (Å²) in [6, 6.07) is 6.81. The van der Waals surface area contributed by atoms with Gasteiger partial charge in [-0.15, -0.1) is 0 Å². The fraction of sp³-hybridized carbons (Fsp3) is 0.611. The van der Waals surface area contributed by atoms with Crippen LogP contribution in [0.25, 0.3) is 0 Å². The molecule has 0 bridgehead atoms. The maximum absolute atomic E-state index is 11.9. The van der Waals surface area contributed by atoms with Crippen LogP contribution in [0.2, 0.25) is 0 Å². The Bertz CT molecular complexity index is 437. The van der Waals surface area contributed by atoms with Crippen molar-refractivity contribution in [2.24, 2.45) is 0 Å². The molecule has 1 amide bonds. The van der Waals surface area contributed by atoms with Crippen LogP contribution in [-0.4, -0.2) is 41.3 Å². The molecule has 0 aromatic heterocycles. The lowest BCUT2D eigenvalue weighted by Crippen LogP contribution is -2.36. The number of hydrogen-bond donors (Lipinski definition) is 2. The molecule has 5 heteroatoms. The lowest BCUT2D eigenvalue weighted by atomic mass is 10.2. The van der Waals surface area contributed by atoms with E-state index in [0.29, 0.717) is 13.1 Å². The summed E-state index contributed by atoms with van der Waals surface area (Å²) >= 11 is 0. The van der Waals surface area contributed by atoms with Crippen LogP contribution in [0.5, 0.6) is 5.75 Å². The van der Waals surface area contributed by atoms with Crippen molar-refractivity contribution in [1.82, 2.24) is 10.2 Å². The van der Waals surface area contributed by atoms with Crippen LogP contribution in [0, 0.1) is 0 Å². The van der Waals surface area contributed by atoms with Gasteiger partial charge in [-0.2, -0.15) is 0 Å². The van der Waals surface area contributed by atoms with Gasteiger partial charge in [-0.05, 0) is 58.5 Å². The molecule has 0 spiro atoms. The van der Waals surface area contributed by atoms with Crippen molar-refractivity contribution < 1.29 is 14.6 Å². The van der Waals surface area contributed by atoms with Crippen LogP contribution >= 0.6 is 0 Å². The first kappa shape index (κ1) is 21.2. The average Bonchev–Trinajstić information content (AvgIpc) is 2.46. The molecule has 23 heavy (non-hydrogen) atoms. The summed E-state index contributed by atoms with van der Waals surface area (Å²) in [5.74, 6) is 0.221. The molecule has 0 heterocycles. The molecule has 0 fully saturated rings. The Labute approximate surface area is 140 Å². The first-order chi connectivity index (χ1) is 10.7. The number of carbonyl (C=O) groups is 1. The molecule has 0 aliphatic rings. The first-order valence-corrected chi connectivity index (χ1v) is 8.20. The Morgan fingerprint density at radius 3 is 2.00 bits per heavy atom. The Morgan fingerprint density at radius 2 is 1.65 bits per heavy atom. The second-order valence-corrected chi connectivity index (χ2v) is 6.12. The minimum atomic E-state index is -0.487. The van der Waals surface area contributed by atoms with E-state index in [1.54, 1.807) is 29.2 Å². The molecule has 0 saturated heterocycles. The zero-order valence-electron chi connectivity index (χ0n) is 15.3. The van der Waals surface area contributed by atoms with E-state index >= 15 is 0 Å². The maximum Gasteiger partial charge on any atom is 0.410 e. The van der Waals surface area contributed by atoms with Crippen LogP contribution < -0.4 is 5.32 Å². The highest BCUT2D eigenvalue weighted by Gasteiger charge is 2.21. The number of carbonyl (C=O) groups excluding carboxylic acids is 1. The molecule has 0 aliphatic carbocycles. The number of hydrogen-bond acceptors (Lipinski definition) is 4. The van der Waals surface area contributed by atoms with E-state index in [9.17, 15) is 9.90 Å². The van der Waals surface area contributed by atoms with Crippen molar-refractivity contribution >= 4 is 6.09 Å². The second kappa shape index (κ2) is 10.9. The van der Waals surface area contributed by atoms with Crippen molar-refractivity contribution in [3.63, 3.8) is 0 Å². The molecule has 1 rings (SSSR count). The number of nitrogens with zero attached hydrogens (tertiary/aromatic N) is 1. The monoisotopic (exact) mass is 324 g/mol. The molecule has 1 aromatic carbocycles. The van der Waals surface area contributed by atoms with Crippen molar-refractivity contribution in [3.8, 4) is 5.75 Å². The summed E-state index contributed by atoms with van der Waals surface area (Å²) in [5.41, 5.74) is 0.472. The largest absolute Gasteiger partial charge is 0.508 e. The van der Waals surface area contributed by atoms with Gasteiger partial charge < -0.3 is 20.1 Å². The van der Waals surface area contributed by atoms with Gasteiger partial charge in [0.2, 0.25) is 0 Å². The van der Waals surface area contributed by atoms with E-state index in [4.69, 9.17) is 4.74 Å². The van der Waals surface area contributed by atoms with Crippen LogP contribution in [0.3, 0.4) is 0 Å². The highest BCUT2D eigenvalue weighted by molar-refractivity contribution is 5.68. The van der Waals surface area contributed by atoms with Gasteiger partial charge in [0.05, 0.1) is 0 Å². The van der Waals surface area contributed by atoms with E-state index in [-0.39, 0.29) is 11.8 Å².